The molecule has 4 N–H and O–H groups in total. The van der Waals surface area contributed by atoms with E-state index in [1.54, 1.807) is 12.1 Å². The summed E-state index contributed by atoms with van der Waals surface area (Å²) in [6.45, 7) is 0. The lowest BCUT2D eigenvalue weighted by Crippen LogP contribution is -2.35. The zero-order valence-electron chi connectivity index (χ0n) is 15.0. The molecule has 0 saturated heterocycles. The fourth-order valence-electron chi connectivity index (χ4n) is 3.23. The molecule has 0 bridgehead atoms. The summed E-state index contributed by atoms with van der Waals surface area (Å²) in [5.41, 5.74) is 0.925. The molecule has 29 heavy (non-hydrogen) atoms. The van der Waals surface area contributed by atoms with Gasteiger partial charge in [0.05, 0.1) is 0 Å². The second kappa shape index (κ2) is 7.23. The van der Waals surface area contributed by atoms with Gasteiger partial charge in [0.25, 0.3) is 0 Å². The van der Waals surface area contributed by atoms with Gasteiger partial charge < -0.3 is 29.9 Å². The van der Waals surface area contributed by atoms with E-state index in [1.807, 2.05) is 0 Å². The lowest BCUT2D eigenvalue weighted by Gasteiger charge is -2.33. The van der Waals surface area contributed by atoms with E-state index in [0.29, 0.717) is 11.1 Å². The Morgan fingerprint density at radius 1 is 1.00 bits per heavy atom. The van der Waals surface area contributed by atoms with E-state index >= 15 is 0 Å². The predicted molar refractivity (Wildman–Crippen MR) is 100 cm³/mol. The maximum atomic E-state index is 12.5. The number of fused-ring (bicyclic) bond motifs is 1. The van der Waals surface area contributed by atoms with Crippen molar-refractivity contribution in [3.05, 3.63) is 71.5 Å². The van der Waals surface area contributed by atoms with E-state index < -0.39 is 18.2 Å². The molecule has 8 heteroatoms. The van der Waals surface area contributed by atoms with E-state index in [0.717, 1.165) is 0 Å². The van der Waals surface area contributed by atoms with Crippen LogP contribution in [0.2, 0.25) is 0 Å². The molecule has 0 aliphatic carbocycles. The Hall–Kier alpha value is -3.94. The molecule has 148 valence electrons. The molecular weight excluding hydrogens is 378 g/mol. The van der Waals surface area contributed by atoms with Crippen LogP contribution >= 0.6 is 0 Å². The summed E-state index contributed by atoms with van der Waals surface area (Å²) in [6.07, 6.45) is -0.154. The van der Waals surface area contributed by atoms with Crippen LogP contribution in [0.25, 0.3) is 0 Å². The zero-order valence-corrected chi connectivity index (χ0v) is 15.0. The Bertz CT molecular complexity index is 1070. The third kappa shape index (κ3) is 3.60. The topological polar surface area (TPSA) is 129 Å². The van der Waals surface area contributed by atoms with Crippen molar-refractivity contribution in [1.29, 1.82) is 0 Å². The van der Waals surface area contributed by atoms with Gasteiger partial charge in [-0.2, -0.15) is 0 Å². The van der Waals surface area contributed by atoms with E-state index in [-0.39, 0.29) is 40.9 Å². The van der Waals surface area contributed by atoms with Gasteiger partial charge >= 0.3 is 5.97 Å². The number of benzene rings is 2. The minimum Gasteiger partial charge on any atom is -0.508 e. The summed E-state index contributed by atoms with van der Waals surface area (Å²) in [5.74, 6) is -1.48. The van der Waals surface area contributed by atoms with Crippen LogP contribution in [0.4, 0.5) is 0 Å². The van der Waals surface area contributed by atoms with Crippen molar-refractivity contribution in [2.75, 3.05) is 0 Å². The quantitative estimate of drug-likeness (QED) is 0.394. The Morgan fingerprint density at radius 2 is 1.83 bits per heavy atom. The van der Waals surface area contributed by atoms with E-state index in [2.05, 4.69) is 4.98 Å². The van der Waals surface area contributed by atoms with Gasteiger partial charge in [-0.15, -0.1) is 0 Å². The maximum Gasteiger partial charge on any atom is 0.357 e. The highest BCUT2D eigenvalue weighted by Crippen LogP contribution is 2.43. The van der Waals surface area contributed by atoms with Crippen molar-refractivity contribution >= 4 is 5.97 Å². The van der Waals surface area contributed by atoms with Crippen LogP contribution in [0.5, 0.6) is 28.7 Å². The number of nitrogens with zero attached hydrogens (tertiary/aromatic N) is 1. The Morgan fingerprint density at radius 3 is 2.55 bits per heavy atom. The van der Waals surface area contributed by atoms with Crippen LogP contribution in [-0.4, -0.2) is 37.5 Å². The first kappa shape index (κ1) is 18.4. The number of phenols is 4. The van der Waals surface area contributed by atoms with Gasteiger partial charge in [0, 0.05) is 35.9 Å². The number of carbonyl (C=O) groups is 1. The molecule has 1 aliphatic rings. The van der Waals surface area contributed by atoms with Crippen molar-refractivity contribution in [3.63, 3.8) is 0 Å². The van der Waals surface area contributed by atoms with Crippen LogP contribution < -0.4 is 4.74 Å². The highest BCUT2D eigenvalue weighted by atomic mass is 16.6. The van der Waals surface area contributed by atoms with Gasteiger partial charge in [-0.1, -0.05) is 12.1 Å². The molecule has 0 spiro atoms. The molecule has 0 amide bonds. The highest BCUT2D eigenvalue weighted by molar-refractivity contribution is 5.87. The molecule has 0 radical (unpaired) electrons. The molecule has 2 aromatic carbocycles. The average Bonchev–Trinajstić information content (AvgIpc) is 2.70. The van der Waals surface area contributed by atoms with Crippen molar-refractivity contribution in [2.24, 2.45) is 0 Å². The van der Waals surface area contributed by atoms with Gasteiger partial charge in [-0.05, 0) is 24.3 Å². The Kier molecular flexibility index (Phi) is 4.59. The van der Waals surface area contributed by atoms with E-state index in [1.165, 1.54) is 42.6 Å². The number of ether oxygens (including phenoxy) is 2. The first-order valence-corrected chi connectivity index (χ1v) is 8.78. The first-order chi connectivity index (χ1) is 13.9. The zero-order chi connectivity index (χ0) is 20.5. The van der Waals surface area contributed by atoms with E-state index in [4.69, 9.17) is 9.47 Å². The minimum atomic E-state index is -0.864. The van der Waals surface area contributed by atoms with Crippen LogP contribution in [-0.2, 0) is 11.2 Å². The van der Waals surface area contributed by atoms with Crippen LogP contribution in [0, 0.1) is 0 Å². The summed E-state index contributed by atoms with van der Waals surface area (Å²) in [5, 5.41) is 39.4. The summed E-state index contributed by atoms with van der Waals surface area (Å²) in [4.78, 5) is 16.5. The Balaban J connectivity index is 1.72. The number of phenolic OH excluding ortho intramolecular Hbond substituents is 4. The SMILES string of the molecule is O=C(O[C@@H]1Cc2c(O)cc(O)cc2O[C@@H]1c1ccc(O)c(O)c1)c1ccccn1. The van der Waals surface area contributed by atoms with E-state index in [9.17, 15) is 25.2 Å². The fourth-order valence-corrected chi connectivity index (χ4v) is 3.23. The second-order valence-electron chi connectivity index (χ2n) is 6.59. The largest absolute Gasteiger partial charge is 0.508 e. The first-order valence-electron chi connectivity index (χ1n) is 8.78. The van der Waals surface area contributed by atoms with Crippen molar-refractivity contribution in [1.82, 2.24) is 4.98 Å². The van der Waals surface area contributed by atoms with Gasteiger partial charge in [-0.3, -0.25) is 0 Å². The maximum absolute atomic E-state index is 12.5. The van der Waals surface area contributed by atoms with Gasteiger partial charge in [0.1, 0.15) is 29.0 Å². The Labute approximate surface area is 165 Å². The standard InChI is InChI=1S/C21H17NO7/c23-12-8-16(25)13-10-19(29-21(27)14-3-1-2-6-22-14)20(28-18(13)9-12)11-4-5-15(24)17(26)7-11/h1-9,19-20,23-26H,10H2/t19-,20-/m1/s1. The molecule has 0 saturated carbocycles. The monoisotopic (exact) mass is 395 g/mol. The average molecular weight is 395 g/mol. The molecule has 2 atom stereocenters. The molecule has 2 heterocycles. The molecule has 0 fully saturated rings. The van der Waals surface area contributed by atoms with Crippen LogP contribution in [0.15, 0.2) is 54.7 Å². The lowest BCUT2D eigenvalue weighted by molar-refractivity contribution is -0.0193. The molecule has 1 aromatic heterocycles. The van der Waals surface area contributed by atoms with Crippen LogP contribution in [0.3, 0.4) is 0 Å². The van der Waals surface area contributed by atoms with Gasteiger partial charge in [0.15, 0.2) is 17.6 Å². The number of pyridine rings is 1. The molecule has 4 rings (SSSR count). The molecule has 8 nitrogen and oxygen atoms in total. The van der Waals surface area contributed by atoms with Crippen LogP contribution in [0.1, 0.15) is 27.7 Å². The third-order valence-corrected chi connectivity index (χ3v) is 4.63. The molecule has 1 aliphatic heterocycles. The smallest absolute Gasteiger partial charge is 0.357 e. The lowest BCUT2D eigenvalue weighted by atomic mass is 9.93. The number of rotatable bonds is 3. The van der Waals surface area contributed by atoms with Crippen molar-refractivity contribution in [3.8, 4) is 28.7 Å². The summed E-state index contributed by atoms with van der Waals surface area (Å²) in [7, 11) is 0. The normalized spacial score (nSPS) is 17.8. The number of aromatic hydroxyl groups is 4. The number of aromatic nitrogens is 1. The van der Waals surface area contributed by atoms with Crippen molar-refractivity contribution in [2.45, 2.75) is 18.6 Å². The summed E-state index contributed by atoms with van der Waals surface area (Å²) < 4.78 is 11.5. The predicted octanol–water partition coefficient (Wildman–Crippen LogP) is 2.81. The highest BCUT2D eigenvalue weighted by Gasteiger charge is 2.36. The molecular formula is C21H17NO7. The molecule has 0 unspecified atom stereocenters. The summed E-state index contributed by atoms with van der Waals surface area (Å²) in [6, 6.07) is 11.5. The summed E-state index contributed by atoms with van der Waals surface area (Å²) >= 11 is 0. The number of hydrogen-bond donors (Lipinski definition) is 4. The second-order valence-corrected chi connectivity index (χ2v) is 6.59. The number of carbonyl (C=O) groups excluding carboxylic acids is 1. The van der Waals surface area contributed by atoms with Gasteiger partial charge in [0.2, 0.25) is 0 Å². The third-order valence-electron chi connectivity index (χ3n) is 4.63. The minimum absolute atomic E-state index is 0.103. The van der Waals surface area contributed by atoms with Crippen molar-refractivity contribution < 1.29 is 34.7 Å². The molecule has 3 aromatic rings. The fraction of sp³-hybridized carbons (Fsp3) is 0.143. The number of esters is 1. The number of hydrogen-bond acceptors (Lipinski definition) is 8. The van der Waals surface area contributed by atoms with Gasteiger partial charge in [-0.25, -0.2) is 9.78 Å².